The van der Waals surface area contributed by atoms with Gasteiger partial charge in [-0.05, 0) is 79.5 Å². The maximum Gasteiger partial charge on any atom is 0.338 e. The molecular formula is C28H26Br2N2O6S. The number of hydrogen-bond donors (Lipinski definition) is 0. The predicted octanol–water partition coefficient (Wildman–Crippen LogP) is 5.04. The summed E-state index contributed by atoms with van der Waals surface area (Å²) >= 11 is 8.06. The number of hydrogen-bond acceptors (Lipinski definition) is 8. The summed E-state index contributed by atoms with van der Waals surface area (Å²) in [5, 5.41) is 0. The average molecular weight is 678 g/mol. The molecule has 2 heterocycles. The maximum atomic E-state index is 13.9. The molecule has 0 fully saturated rings. The van der Waals surface area contributed by atoms with Gasteiger partial charge in [0.05, 0.1) is 39.0 Å². The van der Waals surface area contributed by atoms with E-state index < -0.39 is 18.0 Å². The maximum absolute atomic E-state index is 13.9. The van der Waals surface area contributed by atoms with Crippen LogP contribution in [0.5, 0.6) is 11.5 Å². The second-order valence-electron chi connectivity index (χ2n) is 8.94. The van der Waals surface area contributed by atoms with Crippen molar-refractivity contribution < 1.29 is 23.8 Å². The summed E-state index contributed by atoms with van der Waals surface area (Å²) < 4.78 is 19.7. The van der Waals surface area contributed by atoms with E-state index in [2.05, 4.69) is 36.9 Å². The van der Waals surface area contributed by atoms with Crippen LogP contribution in [0, 0.1) is 0 Å². The van der Waals surface area contributed by atoms with Gasteiger partial charge in [0.2, 0.25) is 0 Å². The Morgan fingerprint density at radius 2 is 1.87 bits per heavy atom. The van der Waals surface area contributed by atoms with Crippen LogP contribution in [0.4, 0.5) is 0 Å². The van der Waals surface area contributed by atoms with E-state index in [1.165, 1.54) is 22.8 Å². The first-order valence-corrected chi connectivity index (χ1v) is 14.5. The molecule has 0 saturated carbocycles. The normalized spacial score (nSPS) is 15.2. The highest BCUT2D eigenvalue weighted by Gasteiger charge is 2.33. The second-order valence-corrected chi connectivity index (χ2v) is 11.7. The van der Waals surface area contributed by atoms with Gasteiger partial charge in [0.1, 0.15) is 5.75 Å². The Labute approximate surface area is 245 Å². The summed E-state index contributed by atoms with van der Waals surface area (Å²) in [4.78, 5) is 43.8. The van der Waals surface area contributed by atoms with Crippen LogP contribution in [0.3, 0.4) is 0 Å². The first kappa shape index (κ1) is 29.0. The lowest BCUT2D eigenvalue weighted by molar-refractivity contribution is -0.139. The van der Waals surface area contributed by atoms with Crippen LogP contribution < -0.4 is 24.4 Å². The molecule has 0 bridgehead atoms. The molecule has 0 amide bonds. The van der Waals surface area contributed by atoms with Crippen molar-refractivity contribution in [1.82, 2.24) is 4.57 Å². The molecule has 0 N–H and O–H groups in total. The molecule has 8 nitrogen and oxygen atoms in total. The van der Waals surface area contributed by atoms with Gasteiger partial charge in [0.25, 0.3) is 5.56 Å². The van der Waals surface area contributed by atoms with Gasteiger partial charge in [-0.3, -0.25) is 14.2 Å². The van der Waals surface area contributed by atoms with E-state index in [1.807, 2.05) is 38.1 Å². The molecule has 1 atom stereocenters. The number of esters is 2. The highest BCUT2D eigenvalue weighted by Crippen LogP contribution is 2.34. The van der Waals surface area contributed by atoms with Crippen LogP contribution in [0.2, 0.25) is 0 Å². The van der Waals surface area contributed by atoms with Crippen LogP contribution in [0.15, 0.2) is 66.4 Å². The van der Waals surface area contributed by atoms with Crippen molar-refractivity contribution in [1.29, 1.82) is 0 Å². The lowest BCUT2D eigenvalue weighted by Gasteiger charge is -2.25. The molecule has 4 rings (SSSR count). The third-order valence-corrected chi connectivity index (χ3v) is 7.68. The summed E-state index contributed by atoms with van der Waals surface area (Å²) in [7, 11) is 0. The van der Waals surface area contributed by atoms with Crippen molar-refractivity contribution in [3.63, 3.8) is 0 Å². The standard InChI is InChI=1S/C28H26Br2N2O6S/c1-6-36-27(35)23-15(4)31-28-32(24(23)17-7-9-20(10-8-17)37-14(2)3)26(34)22(39-28)12-18-11-19(29)13-21(30)25(18)38-16(5)33/h7-14,24H,6H2,1-5H3/b22-12-/t24-/m1/s1. The summed E-state index contributed by atoms with van der Waals surface area (Å²) in [6.45, 7) is 8.83. The van der Waals surface area contributed by atoms with Crippen molar-refractivity contribution >= 4 is 61.2 Å². The molecule has 11 heteroatoms. The molecule has 39 heavy (non-hydrogen) atoms. The Balaban J connectivity index is 1.94. The average Bonchev–Trinajstić information content (AvgIpc) is 3.15. The molecule has 204 valence electrons. The van der Waals surface area contributed by atoms with Crippen LogP contribution in [0.25, 0.3) is 6.08 Å². The number of aromatic nitrogens is 1. The molecular weight excluding hydrogens is 652 g/mol. The third kappa shape index (κ3) is 6.26. The summed E-state index contributed by atoms with van der Waals surface area (Å²) in [5.41, 5.74) is 1.65. The van der Waals surface area contributed by atoms with Crippen LogP contribution in [-0.4, -0.2) is 29.2 Å². The van der Waals surface area contributed by atoms with Crippen molar-refractivity contribution in [3.05, 3.63) is 87.4 Å². The molecule has 1 aromatic heterocycles. The van der Waals surface area contributed by atoms with E-state index in [0.717, 1.165) is 4.47 Å². The number of rotatable bonds is 7. The van der Waals surface area contributed by atoms with Gasteiger partial charge in [-0.15, -0.1) is 0 Å². The van der Waals surface area contributed by atoms with Crippen molar-refractivity contribution in [2.75, 3.05) is 6.61 Å². The number of carbonyl (C=O) groups excluding carboxylic acids is 2. The zero-order chi connectivity index (χ0) is 28.4. The van der Waals surface area contributed by atoms with E-state index in [0.29, 0.717) is 42.0 Å². The molecule has 0 saturated heterocycles. The zero-order valence-corrected chi connectivity index (χ0v) is 25.9. The second kappa shape index (κ2) is 12.0. The van der Waals surface area contributed by atoms with Gasteiger partial charge >= 0.3 is 11.9 Å². The van der Waals surface area contributed by atoms with E-state index in [-0.39, 0.29) is 24.0 Å². The fraction of sp³-hybridized carbons (Fsp3) is 0.286. The number of ether oxygens (including phenoxy) is 3. The van der Waals surface area contributed by atoms with Gasteiger partial charge in [-0.2, -0.15) is 0 Å². The Hall–Kier alpha value is -3.02. The monoisotopic (exact) mass is 676 g/mol. The molecule has 3 aromatic rings. The summed E-state index contributed by atoms with van der Waals surface area (Å²) in [6, 6.07) is 10.0. The Kier molecular flexibility index (Phi) is 8.93. The largest absolute Gasteiger partial charge is 0.491 e. The van der Waals surface area contributed by atoms with Crippen molar-refractivity contribution in [2.24, 2.45) is 4.99 Å². The fourth-order valence-corrected chi connectivity index (χ4v) is 6.56. The van der Waals surface area contributed by atoms with Gasteiger partial charge < -0.3 is 14.2 Å². The molecule has 1 aliphatic rings. The first-order valence-electron chi connectivity index (χ1n) is 12.1. The van der Waals surface area contributed by atoms with E-state index >= 15 is 0 Å². The summed E-state index contributed by atoms with van der Waals surface area (Å²) in [5.74, 6) is -0.0580. The molecule has 2 aromatic carbocycles. The minimum Gasteiger partial charge on any atom is -0.491 e. The van der Waals surface area contributed by atoms with Crippen LogP contribution in [-0.2, 0) is 14.3 Å². The third-order valence-electron chi connectivity index (χ3n) is 5.65. The highest BCUT2D eigenvalue weighted by molar-refractivity contribution is 9.11. The van der Waals surface area contributed by atoms with E-state index in [4.69, 9.17) is 14.2 Å². The number of benzene rings is 2. The fourth-order valence-electron chi connectivity index (χ4n) is 4.19. The van der Waals surface area contributed by atoms with Gasteiger partial charge in [-0.1, -0.05) is 39.4 Å². The first-order chi connectivity index (χ1) is 18.5. The number of thiazole rings is 1. The molecule has 0 unspecified atom stereocenters. The van der Waals surface area contributed by atoms with Gasteiger partial charge in [-0.25, -0.2) is 9.79 Å². The lowest BCUT2D eigenvalue weighted by atomic mass is 9.96. The highest BCUT2D eigenvalue weighted by atomic mass is 79.9. The van der Waals surface area contributed by atoms with Crippen molar-refractivity contribution in [3.8, 4) is 11.5 Å². The van der Waals surface area contributed by atoms with Crippen LogP contribution >= 0.6 is 43.2 Å². The Morgan fingerprint density at radius 1 is 1.18 bits per heavy atom. The molecule has 0 spiro atoms. The lowest BCUT2D eigenvalue weighted by Crippen LogP contribution is -2.39. The van der Waals surface area contributed by atoms with E-state index in [9.17, 15) is 14.4 Å². The zero-order valence-electron chi connectivity index (χ0n) is 21.9. The number of nitrogens with zero attached hydrogens (tertiary/aromatic N) is 2. The minimum atomic E-state index is -0.752. The molecule has 0 radical (unpaired) electrons. The SMILES string of the molecule is CCOC(=O)C1=C(C)N=c2s/c(=C\c3cc(Br)cc(Br)c3OC(C)=O)c(=O)n2[C@@H]1c1ccc(OC(C)C)cc1. The smallest absolute Gasteiger partial charge is 0.338 e. The van der Waals surface area contributed by atoms with E-state index in [1.54, 1.807) is 32.1 Å². The van der Waals surface area contributed by atoms with Crippen LogP contribution in [0.1, 0.15) is 51.8 Å². The Bertz CT molecular complexity index is 1650. The Morgan fingerprint density at radius 3 is 2.49 bits per heavy atom. The van der Waals surface area contributed by atoms with Crippen molar-refractivity contribution in [2.45, 2.75) is 46.8 Å². The van der Waals surface area contributed by atoms with Gasteiger partial charge in [0.15, 0.2) is 10.6 Å². The number of carbonyl (C=O) groups is 2. The minimum absolute atomic E-state index is 0.000637. The number of fused-ring (bicyclic) bond motifs is 1. The molecule has 0 aliphatic carbocycles. The van der Waals surface area contributed by atoms with Gasteiger partial charge in [0, 0.05) is 17.0 Å². The molecule has 1 aliphatic heterocycles. The quantitative estimate of drug-likeness (QED) is 0.257. The number of halogens is 2. The topological polar surface area (TPSA) is 96.2 Å². The predicted molar refractivity (Wildman–Crippen MR) is 156 cm³/mol. The summed E-state index contributed by atoms with van der Waals surface area (Å²) in [6.07, 6.45) is 1.65. The number of allylic oxidation sites excluding steroid dienone is 1.